The van der Waals surface area contributed by atoms with Crippen LogP contribution in [0.1, 0.15) is 45.1 Å². The highest BCUT2D eigenvalue weighted by molar-refractivity contribution is 5.82. The van der Waals surface area contributed by atoms with E-state index in [-0.39, 0.29) is 11.6 Å². The molecule has 0 amide bonds. The summed E-state index contributed by atoms with van der Waals surface area (Å²) in [5.41, 5.74) is 4.93. The highest BCUT2D eigenvalue weighted by Gasteiger charge is 2.19. The van der Waals surface area contributed by atoms with Crippen LogP contribution in [0.15, 0.2) is 28.7 Å². The van der Waals surface area contributed by atoms with Crippen molar-refractivity contribution in [2.75, 3.05) is 0 Å². The number of nitrogens with one attached hydrogen (secondary N) is 1. The van der Waals surface area contributed by atoms with Gasteiger partial charge in [-0.15, -0.1) is 0 Å². The van der Waals surface area contributed by atoms with Crippen LogP contribution in [-0.4, -0.2) is 5.60 Å². The van der Waals surface area contributed by atoms with Gasteiger partial charge >= 0.3 is 0 Å². The molecule has 0 fully saturated rings. The van der Waals surface area contributed by atoms with E-state index in [0.717, 1.165) is 16.7 Å². The second-order valence-electron chi connectivity index (χ2n) is 5.64. The number of hydroxylamine groups is 1. The maximum Gasteiger partial charge on any atom is 0.134 e. The molecule has 2 aromatic rings. The number of furan rings is 1. The van der Waals surface area contributed by atoms with E-state index in [9.17, 15) is 0 Å². The Morgan fingerprint density at radius 2 is 1.89 bits per heavy atom. The molecule has 3 heteroatoms. The maximum absolute atomic E-state index is 5.88. The summed E-state index contributed by atoms with van der Waals surface area (Å²) >= 11 is 0. The summed E-state index contributed by atoms with van der Waals surface area (Å²) in [6.07, 6.45) is 0. The van der Waals surface area contributed by atoms with Gasteiger partial charge in [-0.1, -0.05) is 18.2 Å². The lowest BCUT2D eigenvalue weighted by atomic mass is 10.1. The van der Waals surface area contributed by atoms with Crippen molar-refractivity contribution in [3.63, 3.8) is 0 Å². The third kappa shape index (κ3) is 2.74. The van der Waals surface area contributed by atoms with E-state index in [1.54, 1.807) is 0 Å². The van der Waals surface area contributed by atoms with Crippen LogP contribution < -0.4 is 5.48 Å². The lowest BCUT2D eigenvalue weighted by Crippen LogP contribution is -2.31. The van der Waals surface area contributed by atoms with Crippen molar-refractivity contribution in [3.05, 3.63) is 35.6 Å². The quantitative estimate of drug-likeness (QED) is 0.828. The van der Waals surface area contributed by atoms with Crippen molar-refractivity contribution in [2.24, 2.45) is 0 Å². The number of fused-ring (bicyclic) bond motifs is 1. The van der Waals surface area contributed by atoms with Gasteiger partial charge in [0.05, 0.1) is 11.6 Å². The van der Waals surface area contributed by atoms with Gasteiger partial charge in [0.15, 0.2) is 0 Å². The van der Waals surface area contributed by atoms with Crippen molar-refractivity contribution in [1.29, 1.82) is 0 Å². The van der Waals surface area contributed by atoms with Crippen molar-refractivity contribution in [2.45, 2.75) is 46.3 Å². The number of aryl methyl sites for hydroxylation is 1. The Labute approximate surface area is 108 Å². The van der Waals surface area contributed by atoms with Crippen LogP contribution in [0.2, 0.25) is 0 Å². The van der Waals surface area contributed by atoms with E-state index in [2.05, 4.69) is 18.5 Å². The van der Waals surface area contributed by atoms with E-state index in [1.807, 2.05) is 45.9 Å². The van der Waals surface area contributed by atoms with Crippen LogP contribution in [-0.2, 0) is 4.84 Å². The highest BCUT2D eigenvalue weighted by atomic mass is 16.7. The lowest BCUT2D eigenvalue weighted by molar-refractivity contribution is -0.0889. The predicted molar refractivity (Wildman–Crippen MR) is 73.3 cm³/mol. The Bertz CT molecular complexity index is 537. The van der Waals surface area contributed by atoms with E-state index in [4.69, 9.17) is 9.25 Å². The summed E-state index contributed by atoms with van der Waals surface area (Å²) in [5.74, 6) is 0.931. The first-order valence-electron chi connectivity index (χ1n) is 6.30. The second kappa shape index (κ2) is 4.75. The number of benzene rings is 1. The molecule has 1 aromatic carbocycles. The molecule has 1 heterocycles. The number of hydrogen-bond donors (Lipinski definition) is 1. The van der Waals surface area contributed by atoms with Gasteiger partial charge in [-0.05, 0) is 40.7 Å². The zero-order valence-electron chi connectivity index (χ0n) is 11.7. The standard InChI is InChI=1S/C15H21NO2/c1-10-12-8-6-7-9-13(12)17-14(10)11(2)16-18-15(3,4)5/h6-9,11,16H,1-5H3. The Hall–Kier alpha value is -1.32. The zero-order valence-corrected chi connectivity index (χ0v) is 11.7. The van der Waals surface area contributed by atoms with E-state index < -0.39 is 0 Å². The van der Waals surface area contributed by atoms with Gasteiger partial charge in [0.1, 0.15) is 11.3 Å². The fourth-order valence-corrected chi connectivity index (χ4v) is 1.93. The Morgan fingerprint density at radius 1 is 1.22 bits per heavy atom. The van der Waals surface area contributed by atoms with Gasteiger partial charge in [-0.3, -0.25) is 4.84 Å². The van der Waals surface area contributed by atoms with Crippen LogP contribution in [0.4, 0.5) is 0 Å². The molecule has 0 saturated carbocycles. The summed E-state index contributed by atoms with van der Waals surface area (Å²) in [6.45, 7) is 10.2. The van der Waals surface area contributed by atoms with Crippen molar-refractivity contribution in [1.82, 2.24) is 5.48 Å². The van der Waals surface area contributed by atoms with E-state index in [1.165, 1.54) is 5.56 Å². The topological polar surface area (TPSA) is 34.4 Å². The summed E-state index contributed by atoms with van der Waals surface area (Å²) in [4.78, 5) is 5.59. The number of para-hydroxylation sites is 1. The molecule has 0 saturated heterocycles. The maximum atomic E-state index is 5.88. The summed E-state index contributed by atoms with van der Waals surface area (Å²) < 4.78 is 5.88. The zero-order chi connectivity index (χ0) is 13.3. The van der Waals surface area contributed by atoms with Crippen molar-refractivity contribution >= 4 is 11.0 Å². The molecular weight excluding hydrogens is 226 g/mol. The molecule has 18 heavy (non-hydrogen) atoms. The molecule has 1 atom stereocenters. The average molecular weight is 247 g/mol. The average Bonchev–Trinajstić information content (AvgIpc) is 2.64. The molecule has 0 aliphatic rings. The minimum Gasteiger partial charge on any atom is -0.459 e. The predicted octanol–water partition coefficient (Wildman–Crippen LogP) is 4.12. The van der Waals surface area contributed by atoms with Crippen LogP contribution >= 0.6 is 0 Å². The Kier molecular flexibility index (Phi) is 3.46. The molecule has 1 unspecified atom stereocenters. The van der Waals surface area contributed by atoms with Crippen LogP contribution in [0.3, 0.4) is 0 Å². The van der Waals surface area contributed by atoms with Gasteiger partial charge in [0.2, 0.25) is 0 Å². The lowest BCUT2D eigenvalue weighted by Gasteiger charge is -2.22. The van der Waals surface area contributed by atoms with Gasteiger partial charge in [-0.2, -0.15) is 5.48 Å². The third-order valence-electron chi connectivity index (χ3n) is 2.82. The third-order valence-corrected chi connectivity index (χ3v) is 2.82. The Morgan fingerprint density at radius 3 is 2.50 bits per heavy atom. The van der Waals surface area contributed by atoms with E-state index >= 15 is 0 Å². The molecule has 0 aliphatic carbocycles. The second-order valence-corrected chi connectivity index (χ2v) is 5.64. The molecule has 1 aromatic heterocycles. The SMILES string of the molecule is Cc1c(C(C)NOC(C)(C)C)oc2ccccc12. The summed E-state index contributed by atoms with van der Waals surface area (Å²) in [7, 11) is 0. The summed E-state index contributed by atoms with van der Waals surface area (Å²) in [5, 5.41) is 1.16. The molecule has 98 valence electrons. The summed E-state index contributed by atoms with van der Waals surface area (Å²) in [6, 6.07) is 8.10. The molecule has 2 rings (SSSR count). The number of rotatable bonds is 3. The molecule has 3 nitrogen and oxygen atoms in total. The monoisotopic (exact) mass is 247 g/mol. The number of hydrogen-bond acceptors (Lipinski definition) is 3. The van der Waals surface area contributed by atoms with Crippen molar-refractivity contribution in [3.8, 4) is 0 Å². The molecule has 0 bridgehead atoms. The highest BCUT2D eigenvalue weighted by Crippen LogP contribution is 2.29. The minimum atomic E-state index is -0.214. The first kappa shape index (κ1) is 13.1. The van der Waals surface area contributed by atoms with Crippen LogP contribution in [0.5, 0.6) is 0 Å². The van der Waals surface area contributed by atoms with E-state index in [0.29, 0.717) is 0 Å². The first-order chi connectivity index (χ1) is 8.38. The van der Waals surface area contributed by atoms with Gasteiger partial charge in [0, 0.05) is 10.9 Å². The van der Waals surface area contributed by atoms with Crippen molar-refractivity contribution < 1.29 is 9.25 Å². The fraction of sp³-hybridized carbons (Fsp3) is 0.467. The molecule has 1 N–H and O–H groups in total. The normalized spacial score (nSPS) is 14.1. The van der Waals surface area contributed by atoms with Gasteiger partial charge in [0.25, 0.3) is 0 Å². The first-order valence-corrected chi connectivity index (χ1v) is 6.30. The molecule has 0 aliphatic heterocycles. The smallest absolute Gasteiger partial charge is 0.134 e. The van der Waals surface area contributed by atoms with Gasteiger partial charge in [-0.25, -0.2) is 0 Å². The largest absolute Gasteiger partial charge is 0.459 e. The molecular formula is C15H21NO2. The fourth-order valence-electron chi connectivity index (χ4n) is 1.93. The minimum absolute atomic E-state index is 0.0247. The van der Waals surface area contributed by atoms with Gasteiger partial charge < -0.3 is 4.42 Å². The van der Waals surface area contributed by atoms with Crippen LogP contribution in [0.25, 0.3) is 11.0 Å². The molecule has 0 spiro atoms. The molecule has 0 radical (unpaired) electrons. The Balaban J connectivity index is 2.23. The van der Waals surface area contributed by atoms with Crippen LogP contribution in [0, 0.1) is 6.92 Å².